The van der Waals surface area contributed by atoms with E-state index in [9.17, 15) is 9.59 Å². The van der Waals surface area contributed by atoms with Gasteiger partial charge in [-0.1, -0.05) is 0 Å². The molecule has 6 unspecified atom stereocenters. The molecule has 7 atom stereocenters. The summed E-state index contributed by atoms with van der Waals surface area (Å²) in [5.41, 5.74) is 3.62. The second kappa shape index (κ2) is 9.30. The number of hydrogen-bond donors (Lipinski definition) is 1. The fourth-order valence-corrected chi connectivity index (χ4v) is 7.19. The number of hydrogen-bond acceptors (Lipinski definition) is 5. The molecule has 32 heavy (non-hydrogen) atoms. The maximum atomic E-state index is 13.4. The van der Waals surface area contributed by atoms with Crippen molar-refractivity contribution in [1.29, 1.82) is 0 Å². The van der Waals surface area contributed by atoms with Gasteiger partial charge in [0, 0.05) is 50.4 Å². The highest BCUT2D eigenvalue weighted by atomic mass is 35.5. The SMILES string of the molecule is CC(=O)N1C2CCC(C3CNN(C4CC4)C3)CC2N(C(=O)OC2CCCC(Cl)C2)C[C@@H]1C. The minimum Gasteiger partial charge on any atom is -0.446 e. The molecule has 0 aromatic carbocycles. The monoisotopic (exact) mass is 466 g/mol. The van der Waals surface area contributed by atoms with E-state index in [1.165, 1.54) is 12.8 Å². The van der Waals surface area contributed by atoms with E-state index in [4.69, 9.17) is 16.3 Å². The first-order valence-corrected chi connectivity index (χ1v) is 13.2. The molecule has 3 aliphatic carbocycles. The lowest BCUT2D eigenvalue weighted by molar-refractivity contribution is -0.142. The molecule has 0 spiro atoms. The maximum absolute atomic E-state index is 13.4. The van der Waals surface area contributed by atoms with E-state index in [1.54, 1.807) is 6.92 Å². The van der Waals surface area contributed by atoms with Gasteiger partial charge in [-0.2, -0.15) is 0 Å². The van der Waals surface area contributed by atoms with Gasteiger partial charge in [0.05, 0.1) is 12.1 Å². The second-order valence-electron chi connectivity index (χ2n) is 10.9. The lowest BCUT2D eigenvalue weighted by Gasteiger charge is -2.54. The molecule has 0 aromatic rings. The summed E-state index contributed by atoms with van der Waals surface area (Å²) in [6, 6.07) is 0.893. The molecule has 5 rings (SSSR count). The highest BCUT2D eigenvalue weighted by molar-refractivity contribution is 6.20. The van der Waals surface area contributed by atoms with Crippen LogP contribution in [0.4, 0.5) is 4.79 Å². The second-order valence-corrected chi connectivity index (χ2v) is 11.5. The van der Waals surface area contributed by atoms with Crippen molar-refractivity contribution in [3.8, 4) is 0 Å². The number of carbonyl (C=O) groups is 2. The summed E-state index contributed by atoms with van der Waals surface area (Å²) in [7, 11) is 0. The molecular weight excluding hydrogens is 428 g/mol. The Bertz CT molecular complexity index is 719. The minimum atomic E-state index is -0.198. The summed E-state index contributed by atoms with van der Waals surface area (Å²) >= 11 is 6.34. The largest absolute Gasteiger partial charge is 0.446 e. The summed E-state index contributed by atoms with van der Waals surface area (Å²) in [5.74, 6) is 1.32. The van der Waals surface area contributed by atoms with Crippen LogP contribution in [0.15, 0.2) is 0 Å². The van der Waals surface area contributed by atoms with Gasteiger partial charge in [-0.15, -0.1) is 11.6 Å². The van der Waals surface area contributed by atoms with Gasteiger partial charge in [0.15, 0.2) is 0 Å². The number of piperazine rings is 1. The third-order valence-electron chi connectivity index (χ3n) is 8.58. The van der Waals surface area contributed by atoms with E-state index >= 15 is 0 Å². The number of amides is 2. The number of carbonyl (C=O) groups excluding carboxylic acids is 2. The summed E-state index contributed by atoms with van der Waals surface area (Å²) in [5, 5.41) is 2.55. The molecule has 2 saturated heterocycles. The molecule has 180 valence electrons. The van der Waals surface area contributed by atoms with Crippen molar-refractivity contribution in [1.82, 2.24) is 20.2 Å². The Labute approximate surface area is 197 Å². The van der Waals surface area contributed by atoms with E-state index in [1.807, 2.05) is 9.80 Å². The van der Waals surface area contributed by atoms with Crippen LogP contribution in [-0.4, -0.2) is 82.1 Å². The first-order chi connectivity index (χ1) is 15.4. The van der Waals surface area contributed by atoms with Gasteiger partial charge in [0.25, 0.3) is 0 Å². The zero-order chi connectivity index (χ0) is 22.4. The topological polar surface area (TPSA) is 65.1 Å². The molecule has 8 heteroatoms. The van der Waals surface area contributed by atoms with E-state index in [0.717, 1.165) is 64.1 Å². The number of alkyl halides is 1. The highest BCUT2D eigenvalue weighted by Crippen LogP contribution is 2.41. The van der Waals surface area contributed by atoms with Crippen molar-refractivity contribution in [3.05, 3.63) is 0 Å². The predicted molar refractivity (Wildman–Crippen MR) is 123 cm³/mol. The fraction of sp³-hybridized carbons (Fsp3) is 0.917. The van der Waals surface area contributed by atoms with Gasteiger partial charge in [-0.3, -0.25) is 10.2 Å². The Hall–Kier alpha value is -1.05. The third kappa shape index (κ3) is 4.62. The fourth-order valence-electron chi connectivity index (χ4n) is 6.84. The number of rotatable bonds is 3. The molecule has 2 aliphatic heterocycles. The van der Waals surface area contributed by atoms with E-state index in [-0.39, 0.29) is 41.6 Å². The van der Waals surface area contributed by atoms with Crippen LogP contribution < -0.4 is 5.43 Å². The molecule has 7 nitrogen and oxygen atoms in total. The first-order valence-electron chi connectivity index (χ1n) is 12.8. The number of ether oxygens (including phenoxy) is 1. The lowest BCUT2D eigenvalue weighted by Crippen LogP contribution is -2.67. The van der Waals surface area contributed by atoms with Gasteiger partial charge in [-0.05, 0) is 70.1 Å². The normalized spacial score (nSPS) is 40.8. The van der Waals surface area contributed by atoms with Crippen LogP contribution in [0.3, 0.4) is 0 Å². The van der Waals surface area contributed by atoms with Crippen molar-refractivity contribution < 1.29 is 14.3 Å². The predicted octanol–water partition coefficient (Wildman–Crippen LogP) is 3.36. The van der Waals surface area contributed by atoms with Gasteiger partial charge >= 0.3 is 6.09 Å². The summed E-state index contributed by atoms with van der Waals surface area (Å²) in [6.45, 7) is 6.44. The number of fused-ring (bicyclic) bond motifs is 1. The number of hydrazine groups is 1. The van der Waals surface area contributed by atoms with E-state index in [2.05, 4.69) is 17.4 Å². The Kier molecular flexibility index (Phi) is 6.61. The molecule has 0 bridgehead atoms. The van der Waals surface area contributed by atoms with Gasteiger partial charge in [0.1, 0.15) is 6.10 Å². The quantitative estimate of drug-likeness (QED) is 0.646. The van der Waals surface area contributed by atoms with Crippen LogP contribution in [0.2, 0.25) is 0 Å². The van der Waals surface area contributed by atoms with Gasteiger partial charge in [-0.25, -0.2) is 9.80 Å². The van der Waals surface area contributed by atoms with Crippen LogP contribution in [0, 0.1) is 11.8 Å². The van der Waals surface area contributed by atoms with Crippen molar-refractivity contribution in [2.75, 3.05) is 19.6 Å². The molecule has 5 aliphatic rings. The van der Waals surface area contributed by atoms with Crippen LogP contribution in [0.25, 0.3) is 0 Å². The maximum Gasteiger partial charge on any atom is 0.410 e. The average Bonchev–Trinajstić information content (AvgIpc) is 3.49. The molecule has 1 N–H and O–H groups in total. The summed E-state index contributed by atoms with van der Waals surface area (Å²) < 4.78 is 5.99. The van der Waals surface area contributed by atoms with Gasteiger partial charge < -0.3 is 14.5 Å². The molecular formula is C24H39ClN4O3. The lowest BCUT2D eigenvalue weighted by atomic mass is 9.73. The Morgan fingerprint density at radius 2 is 1.78 bits per heavy atom. The smallest absolute Gasteiger partial charge is 0.410 e. The van der Waals surface area contributed by atoms with Crippen molar-refractivity contribution in [3.63, 3.8) is 0 Å². The first kappa shape index (κ1) is 22.7. The highest BCUT2D eigenvalue weighted by Gasteiger charge is 2.49. The molecule has 3 saturated carbocycles. The average molecular weight is 467 g/mol. The van der Waals surface area contributed by atoms with Crippen LogP contribution >= 0.6 is 11.6 Å². The molecule has 0 aromatic heterocycles. The zero-order valence-electron chi connectivity index (χ0n) is 19.5. The van der Waals surface area contributed by atoms with Crippen LogP contribution in [-0.2, 0) is 9.53 Å². The summed E-state index contributed by atoms with van der Waals surface area (Å²) in [4.78, 5) is 29.9. The number of nitrogens with one attached hydrogen (secondary N) is 1. The van der Waals surface area contributed by atoms with Crippen LogP contribution in [0.1, 0.15) is 71.6 Å². The van der Waals surface area contributed by atoms with E-state index < -0.39 is 0 Å². The number of halogens is 1. The van der Waals surface area contributed by atoms with Gasteiger partial charge in [0.2, 0.25) is 5.91 Å². The zero-order valence-corrected chi connectivity index (χ0v) is 20.3. The van der Waals surface area contributed by atoms with Crippen molar-refractivity contribution in [2.24, 2.45) is 11.8 Å². The van der Waals surface area contributed by atoms with Crippen molar-refractivity contribution >= 4 is 23.6 Å². The van der Waals surface area contributed by atoms with E-state index in [0.29, 0.717) is 18.4 Å². The molecule has 0 radical (unpaired) electrons. The number of nitrogens with zero attached hydrogens (tertiary/aromatic N) is 3. The molecule has 5 fully saturated rings. The Balaban J connectivity index is 1.29. The van der Waals surface area contributed by atoms with Crippen LogP contribution in [0.5, 0.6) is 0 Å². The minimum absolute atomic E-state index is 0.0171. The standard InChI is InChI=1S/C24H39ClN4O3/c1-15-13-27(24(31)32-21-5-3-4-19(25)11-21)23-10-17(6-9-22(23)29(15)16(2)30)18-12-26-28(14-18)20-7-8-20/h15,17-23,26H,3-14H2,1-2H3/t15-,17?,18?,19?,21?,22?,23?/m0/s1. The molecule has 2 heterocycles. The summed E-state index contributed by atoms with van der Waals surface area (Å²) in [6.07, 6.45) is 9.07. The van der Waals surface area contributed by atoms with Crippen molar-refractivity contribution in [2.45, 2.75) is 107 Å². The molecule has 2 amide bonds. The third-order valence-corrected chi connectivity index (χ3v) is 8.98. The Morgan fingerprint density at radius 1 is 0.969 bits per heavy atom. The Morgan fingerprint density at radius 3 is 2.50 bits per heavy atom.